The second-order valence-corrected chi connectivity index (χ2v) is 8.21. The monoisotopic (exact) mass is 342 g/mol. The summed E-state index contributed by atoms with van der Waals surface area (Å²) in [4.78, 5) is 0.317. The maximum atomic E-state index is 12.2. The number of nitrogens with zero attached hydrogens (tertiary/aromatic N) is 1. The fraction of sp³-hybridized carbons (Fsp3) is 0.647. The Balaban J connectivity index is 2.92. The van der Waals surface area contributed by atoms with E-state index in [-0.39, 0.29) is 11.6 Å². The van der Waals surface area contributed by atoms with Gasteiger partial charge >= 0.3 is 0 Å². The average molecular weight is 343 g/mol. The van der Waals surface area contributed by atoms with Crippen LogP contribution >= 0.6 is 0 Å². The molecule has 1 aromatic carbocycles. The summed E-state index contributed by atoms with van der Waals surface area (Å²) in [5.74, 6) is 0. The Kier molecular flexibility index (Phi) is 7.20. The Morgan fingerprint density at radius 1 is 1.26 bits per heavy atom. The van der Waals surface area contributed by atoms with Gasteiger partial charge in [-0.2, -0.15) is 0 Å². The first kappa shape index (κ1) is 20.1. The lowest BCUT2D eigenvalue weighted by Crippen LogP contribution is -2.42. The molecular weight excluding hydrogens is 312 g/mol. The van der Waals surface area contributed by atoms with Gasteiger partial charge in [0.05, 0.1) is 10.5 Å². The molecule has 1 aromatic rings. The number of hydrogen-bond donors (Lipinski definition) is 1. The Morgan fingerprint density at radius 3 is 2.35 bits per heavy atom. The molecular formula is C17H30N2O3S. The van der Waals surface area contributed by atoms with Crippen molar-refractivity contribution < 1.29 is 13.2 Å². The van der Waals surface area contributed by atoms with E-state index in [9.17, 15) is 8.42 Å². The van der Waals surface area contributed by atoms with Crippen molar-refractivity contribution in [1.29, 1.82) is 0 Å². The highest BCUT2D eigenvalue weighted by Gasteiger charge is 2.26. The van der Waals surface area contributed by atoms with Crippen LogP contribution in [-0.2, 0) is 14.8 Å². The maximum Gasteiger partial charge on any atom is 0.242 e. The van der Waals surface area contributed by atoms with Gasteiger partial charge < -0.3 is 10.1 Å². The van der Waals surface area contributed by atoms with Crippen molar-refractivity contribution in [3.8, 4) is 0 Å². The Morgan fingerprint density at radius 2 is 1.87 bits per heavy atom. The lowest BCUT2D eigenvalue weighted by molar-refractivity contribution is -0.0172. The lowest BCUT2D eigenvalue weighted by Gasteiger charge is -2.32. The van der Waals surface area contributed by atoms with Gasteiger partial charge in [-0.3, -0.25) is 0 Å². The van der Waals surface area contributed by atoms with E-state index in [1.807, 2.05) is 13.0 Å². The van der Waals surface area contributed by atoms with Gasteiger partial charge in [0.2, 0.25) is 10.0 Å². The molecule has 0 fully saturated rings. The standard InChI is InChI=1S/C17H30N2O3S/c1-7-17(8-2,22-6)13-18-14(3)15-10-9-11-16(12-15)23(20,21)19(4)5/h9-12,14,18H,7-8,13H2,1-6H3. The van der Waals surface area contributed by atoms with Gasteiger partial charge in [-0.25, -0.2) is 12.7 Å². The second-order valence-electron chi connectivity index (χ2n) is 6.06. The van der Waals surface area contributed by atoms with E-state index >= 15 is 0 Å². The number of ether oxygens (including phenoxy) is 1. The van der Waals surface area contributed by atoms with Crippen molar-refractivity contribution in [1.82, 2.24) is 9.62 Å². The van der Waals surface area contributed by atoms with Crippen LogP contribution < -0.4 is 5.32 Å². The summed E-state index contributed by atoms with van der Waals surface area (Å²) in [6, 6.07) is 7.13. The van der Waals surface area contributed by atoms with Crippen molar-refractivity contribution in [2.45, 2.75) is 50.2 Å². The van der Waals surface area contributed by atoms with E-state index < -0.39 is 10.0 Å². The molecule has 0 saturated heterocycles. The average Bonchev–Trinajstić information content (AvgIpc) is 2.56. The third kappa shape index (κ3) is 4.76. The van der Waals surface area contributed by atoms with Gasteiger partial charge in [0.1, 0.15) is 0 Å². The minimum Gasteiger partial charge on any atom is -0.377 e. The van der Waals surface area contributed by atoms with E-state index in [4.69, 9.17) is 4.74 Å². The van der Waals surface area contributed by atoms with Crippen molar-refractivity contribution in [2.75, 3.05) is 27.7 Å². The molecule has 1 atom stereocenters. The first-order chi connectivity index (χ1) is 10.7. The van der Waals surface area contributed by atoms with Crippen LogP contribution in [0, 0.1) is 0 Å². The highest BCUT2D eigenvalue weighted by Crippen LogP contribution is 2.22. The summed E-state index contributed by atoms with van der Waals surface area (Å²) in [5, 5.41) is 3.47. The molecule has 0 spiro atoms. The predicted molar refractivity (Wildman–Crippen MR) is 94.1 cm³/mol. The third-order valence-corrected chi connectivity index (χ3v) is 6.40. The molecule has 0 bridgehead atoms. The summed E-state index contributed by atoms with van der Waals surface area (Å²) >= 11 is 0. The zero-order valence-electron chi connectivity index (χ0n) is 15.1. The first-order valence-corrected chi connectivity index (χ1v) is 9.47. The Hall–Kier alpha value is -0.950. The molecule has 0 saturated carbocycles. The lowest BCUT2D eigenvalue weighted by atomic mass is 9.96. The number of nitrogens with one attached hydrogen (secondary N) is 1. The van der Waals surface area contributed by atoms with E-state index in [0.717, 1.165) is 24.9 Å². The molecule has 1 N–H and O–H groups in total. The predicted octanol–water partition coefficient (Wildman–Crippen LogP) is 2.79. The van der Waals surface area contributed by atoms with Crippen LogP contribution in [0.3, 0.4) is 0 Å². The molecule has 1 unspecified atom stereocenters. The molecule has 0 aliphatic heterocycles. The van der Waals surface area contributed by atoms with E-state index in [1.54, 1.807) is 39.4 Å². The SMILES string of the molecule is CCC(CC)(CNC(C)c1cccc(S(=O)(=O)N(C)C)c1)OC. The number of hydrogen-bond acceptors (Lipinski definition) is 4. The number of methoxy groups -OCH3 is 1. The quantitative estimate of drug-likeness (QED) is 0.750. The van der Waals surface area contributed by atoms with Crippen LogP contribution in [0.15, 0.2) is 29.2 Å². The summed E-state index contributed by atoms with van der Waals surface area (Å²) in [6.07, 6.45) is 1.85. The fourth-order valence-corrected chi connectivity index (χ4v) is 3.43. The third-order valence-electron chi connectivity index (χ3n) is 4.59. The van der Waals surface area contributed by atoms with Crippen molar-refractivity contribution in [2.24, 2.45) is 0 Å². The Labute approximate surface area is 141 Å². The normalized spacial score (nSPS) is 14.2. The summed E-state index contributed by atoms with van der Waals surface area (Å²) < 4.78 is 31.4. The smallest absolute Gasteiger partial charge is 0.242 e. The van der Waals surface area contributed by atoms with Gasteiger partial charge in [-0.15, -0.1) is 0 Å². The van der Waals surface area contributed by atoms with Crippen LogP contribution in [0.4, 0.5) is 0 Å². The van der Waals surface area contributed by atoms with Gasteiger partial charge in [0.15, 0.2) is 0 Å². The largest absolute Gasteiger partial charge is 0.377 e. The molecule has 0 radical (unpaired) electrons. The summed E-state index contributed by atoms with van der Waals surface area (Å²) in [6.45, 7) is 6.99. The fourth-order valence-electron chi connectivity index (χ4n) is 2.47. The van der Waals surface area contributed by atoms with E-state index in [1.165, 1.54) is 4.31 Å². The van der Waals surface area contributed by atoms with Crippen molar-refractivity contribution in [3.63, 3.8) is 0 Å². The van der Waals surface area contributed by atoms with E-state index in [0.29, 0.717) is 4.90 Å². The number of benzene rings is 1. The van der Waals surface area contributed by atoms with Crippen LogP contribution in [0.2, 0.25) is 0 Å². The summed E-state index contributed by atoms with van der Waals surface area (Å²) in [5.41, 5.74) is 0.770. The maximum absolute atomic E-state index is 12.2. The van der Waals surface area contributed by atoms with Crippen LogP contribution in [0.5, 0.6) is 0 Å². The van der Waals surface area contributed by atoms with Gasteiger partial charge in [0.25, 0.3) is 0 Å². The molecule has 0 heterocycles. The molecule has 5 nitrogen and oxygen atoms in total. The number of sulfonamides is 1. The molecule has 1 rings (SSSR count). The molecule has 23 heavy (non-hydrogen) atoms. The first-order valence-electron chi connectivity index (χ1n) is 8.03. The van der Waals surface area contributed by atoms with Crippen molar-refractivity contribution in [3.05, 3.63) is 29.8 Å². The Bertz CT molecular complexity index is 587. The highest BCUT2D eigenvalue weighted by molar-refractivity contribution is 7.89. The minimum atomic E-state index is -3.41. The zero-order valence-corrected chi connectivity index (χ0v) is 15.9. The van der Waals surface area contributed by atoms with Gasteiger partial charge in [-0.05, 0) is 37.5 Å². The molecule has 0 aromatic heterocycles. The highest BCUT2D eigenvalue weighted by atomic mass is 32.2. The molecule has 0 aliphatic rings. The molecule has 132 valence electrons. The zero-order chi connectivity index (χ0) is 17.7. The van der Waals surface area contributed by atoms with E-state index in [2.05, 4.69) is 19.2 Å². The van der Waals surface area contributed by atoms with Crippen LogP contribution in [0.25, 0.3) is 0 Å². The van der Waals surface area contributed by atoms with Crippen LogP contribution in [0.1, 0.15) is 45.2 Å². The van der Waals surface area contributed by atoms with Crippen molar-refractivity contribution >= 4 is 10.0 Å². The minimum absolute atomic E-state index is 0.0416. The summed E-state index contributed by atoms with van der Waals surface area (Å²) in [7, 11) is 1.41. The number of rotatable bonds is 9. The van der Waals surface area contributed by atoms with Crippen LogP contribution in [-0.4, -0.2) is 46.1 Å². The topological polar surface area (TPSA) is 58.6 Å². The van der Waals surface area contributed by atoms with Gasteiger partial charge in [0, 0.05) is 33.8 Å². The molecule has 6 heteroatoms. The second kappa shape index (κ2) is 8.24. The van der Waals surface area contributed by atoms with Gasteiger partial charge in [-0.1, -0.05) is 26.0 Å². The molecule has 0 aliphatic carbocycles. The molecule has 0 amide bonds.